The van der Waals surface area contributed by atoms with E-state index in [0.717, 1.165) is 44.8 Å². The van der Waals surface area contributed by atoms with Crippen LogP contribution in [0, 0.1) is 0 Å². The van der Waals surface area contributed by atoms with Gasteiger partial charge in [-0.15, -0.1) is 0 Å². The van der Waals surface area contributed by atoms with E-state index in [1.54, 1.807) is 0 Å². The zero-order valence-electron chi connectivity index (χ0n) is 16.4. The van der Waals surface area contributed by atoms with Crippen LogP contribution in [0.5, 0.6) is 0 Å². The molecule has 148 valence electrons. The lowest BCUT2D eigenvalue weighted by atomic mass is 9.75. The Hall–Kier alpha value is -1.39. The fourth-order valence-corrected chi connectivity index (χ4v) is 3.94. The van der Waals surface area contributed by atoms with Crippen molar-refractivity contribution in [1.82, 2.24) is 4.90 Å². The highest BCUT2D eigenvalue weighted by atomic mass is 35.5. The summed E-state index contributed by atoms with van der Waals surface area (Å²) >= 11 is 0. The van der Waals surface area contributed by atoms with Crippen molar-refractivity contribution in [1.29, 1.82) is 0 Å². The molecule has 0 aromatic heterocycles. The molecule has 2 unspecified atom stereocenters. The fourth-order valence-electron chi connectivity index (χ4n) is 3.94. The summed E-state index contributed by atoms with van der Waals surface area (Å²) in [5.74, 6) is 0.0271. The van der Waals surface area contributed by atoms with Crippen molar-refractivity contribution >= 4 is 0 Å². The summed E-state index contributed by atoms with van der Waals surface area (Å²) in [5.41, 5.74) is 2.63. The van der Waals surface area contributed by atoms with Gasteiger partial charge in [0.1, 0.15) is 0 Å². The second kappa shape index (κ2) is 10.2. The predicted octanol–water partition coefficient (Wildman–Crippen LogP) is 0.967. The van der Waals surface area contributed by atoms with Gasteiger partial charge in [0.15, 0.2) is 0 Å². The summed E-state index contributed by atoms with van der Waals surface area (Å²) in [7, 11) is 0. The van der Waals surface area contributed by atoms with E-state index >= 15 is 0 Å². The molecule has 1 aliphatic heterocycles. The lowest BCUT2D eigenvalue weighted by Crippen LogP contribution is -3.00. The van der Waals surface area contributed by atoms with Crippen LogP contribution in [0.2, 0.25) is 0 Å². The monoisotopic (exact) mass is 388 g/mol. The summed E-state index contributed by atoms with van der Waals surface area (Å²) < 4.78 is 5.50. The highest BCUT2D eigenvalue weighted by Gasteiger charge is 2.39. The Bertz CT molecular complexity index is 671. The Morgan fingerprint density at radius 3 is 2.19 bits per heavy atom. The first-order valence-electron chi connectivity index (χ1n) is 9.84. The van der Waals surface area contributed by atoms with Crippen molar-refractivity contribution < 1.29 is 22.3 Å². The number of hydrogen-bond donors (Lipinski definition) is 1. The zero-order chi connectivity index (χ0) is 18.4. The lowest BCUT2D eigenvalue weighted by molar-refractivity contribution is -0.0250. The Balaban J connectivity index is 0.00000261. The highest BCUT2D eigenvalue weighted by molar-refractivity contribution is 5.33. The van der Waals surface area contributed by atoms with E-state index in [4.69, 9.17) is 4.74 Å². The topological polar surface area (TPSA) is 32.7 Å². The van der Waals surface area contributed by atoms with Crippen LogP contribution in [0.25, 0.3) is 0 Å². The second-order valence-electron chi connectivity index (χ2n) is 7.20. The van der Waals surface area contributed by atoms with Crippen LogP contribution >= 0.6 is 0 Å². The van der Waals surface area contributed by atoms with Gasteiger partial charge in [-0.1, -0.05) is 68.4 Å². The Morgan fingerprint density at radius 2 is 1.63 bits per heavy atom. The maximum absolute atomic E-state index is 11.8. The van der Waals surface area contributed by atoms with Crippen molar-refractivity contribution in [3.63, 3.8) is 0 Å². The van der Waals surface area contributed by atoms with E-state index in [-0.39, 0.29) is 18.3 Å². The van der Waals surface area contributed by atoms with Crippen molar-refractivity contribution in [2.24, 2.45) is 0 Å². The first-order chi connectivity index (χ1) is 12.7. The molecular weight excluding hydrogens is 358 g/mol. The normalized spacial score (nSPS) is 18.3. The van der Waals surface area contributed by atoms with Crippen molar-refractivity contribution in [2.45, 2.75) is 38.2 Å². The van der Waals surface area contributed by atoms with Gasteiger partial charge in [0.2, 0.25) is 0 Å². The molecule has 1 aliphatic rings. The second-order valence-corrected chi connectivity index (χ2v) is 7.20. The number of aryl methyl sites for hydroxylation is 1. The first-order valence-corrected chi connectivity index (χ1v) is 9.84. The summed E-state index contributed by atoms with van der Waals surface area (Å²) in [4.78, 5) is 2.42. The summed E-state index contributed by atoms with van der Waals surface area (Å²) in [6, 6.07) is 19.0. The minimum Gasteiger partial charge on any atom is -1.00 e. The van der Waals surface area contributed by atoms with E-state index in [2.05, 4.69) is 67.3 Å². The molecule has 2 aromatic rings. The molecule has 27 heavy (non-hydrogen) atoms. The molecule has 1 fully saturated rings. The van der Waals surface area contributed by atoms with Crippen molar-refractivity contribution in [3.05, 3.63) is 71.3 Å². The number of halogens is 1. The van der Waals surface area contributed by atoms with Crippen LogP contribution in [-0.4, -0.2) is 42.9 Å². The molecule has 0 saturated carbocycles. The quantitative estimate of drug-likeness (QED) is 0.767. The van der Waals surface area contributed by atoms with Gasteiger partial charge in [0.25, 0.3) is 0 Å². The van der Waals surface area contributed by atoms with Crippen LogP contribution in [-0.2, 0) is 16.8 Å². The number of morpholine rings is 1. The standard InChI is InChI=1S/C23H31NO2.ClH/c1-3-19-10-12-21(13-11-19)23(25,4-2)22(20-8-6-5-7-9-20)18-24-14-16-26-17-15-24;/h5-13,22,25H,3-4,14-18H2,1-2H3;1H/p-1. The summed E-state index contributed by atoms with van der Waals surface area (Å²) in [6.07, 6.45) is 1.70. The maximum atomic E-state index is 11.8. The van der Waals surface area contributed by atoms with Gasteiger partial charge in [-0.25, -0.2) is 0 Å². The fraction of sp³-hybridized carbons (Fsp3) is 0.478. The SMILES string of the molecule is CCc1ccc(C(O)(CC)C(CN2CCOCC2)c2ccccc2)cc1.[Cl-]. The van der Waals surface area contributed by atoms with Gasteiger partial charge >= 0.3 is 0 Å². The minimum absolute atomic E-state index is 0. The van der Waals surface area contributed by atoms with E-state index in [0.29, 0.717) is 6.42 Å². The molecule has 0 spiro atoms. The van der Waals surface area contributed by atoms with Crippen LogP contribution in [0.4, 0.5) is 0 Å². The van der Waals surface area contributed by atoms with E-state index < -0.39 is 5.60 Å². The minimum atomic E-state index is -0.883. The average molecular weight is 389 g/mol. The third-order valence-electron chi connectivity index (χ3n) is 5.72. The summed E-state index contributed by atoms with van der Waals surface area (Å²) in [6.45, 7) is 8.49. The predicted molar refractivity (Wildman–Crippen MR) is 106 cm³/mol. The molecule has 0 radical (unpaired) electrons. The van der Waals surface area contributed by atoms with Crippen LogP contribution in [0.1, 0.15) is 42.9 Å². The van der Waals surface area contributed by atoms with E-state index in [1.807, 2.05) is 6.07 Å². The molecule has 1 N–H and O–H groups in total. The number of rotatable bonds is 7. The number of nitrogens with zero attached hydrogens (tertiary/aromatic N) is 1. The smallest absolute Gasteiger partial charge is 0.0974 e. The largest absolute Gasteiger partial charge is 1.00 e. The number of ether oxygens (including phenoxy) is 1. The van der Waals surface area contributed by atoms with Gasteiger partial charge in [0, 0.05) is 25.6 Å². The molecule has 2 atom stereocenters. The molecule has 0 bridgehead atoms. The highest BCUT2D eigenvalue weighted by Crippen LogP contribution is 2.40. The number of aliphatic hydroxyl groups is 1. The molecule has 4 heteroatoms. The molecular formula is C23H31ClNO2-. The molecule has 1 saturated heterocycles. The molecule has 0 aliphatic carbocycles. The summed E-state index contributed by atoms with van der Waals surface area (Å²) in [5, 5.41) is 11.8. The Labute approximate surface area is 169 Å². The molecule has 2 aromatic carbocycles. The van der Waals surface area contributed by atoms with E-state index in [1.165, 1.54) is 11.1 Å². The Kier molecular flexibility index (Phi) is 8.30. The molecule has 0 amide bonds. The van der Waals surface area contributed by atoms with Gasteiger partial charge in [0.05, 0.1) is 18.8 Å². The first kappa shape index (κ1) is 21.9. The van der Waals surface area contributed by atoms with Crippen LogP contribution in [0.3, 0.4) is 0 Å². The van der Waals surface area contributed by atoms with Gasteiger partial charge in [-0.05, 0) is 29.5 Å². The molecule has 3 rings (SSSR count). The maximum Gasteiger partial charge on any atom is 0.0974 e. The van der Waals surface area contributed by atoms with Crippen LogP contribution < -0.4 is 12.4 Å². The van der Waals surface area contributed by atoms with Gasteiger partial charge in [-0.3, -0.25) is 4.90 Å². The van der Waals surface area contributed by atoms with Crippen molar-refractivity contribution in [3.8, 4) is 0 Å². The van der Waals surface area contributed by atoms with Crippen molar-refractivity contribution in [2.75, 3.05) is 32.8 Å². The molecule has 1 heterocycles. The third kappa shape index (κ3) is 5.11. The third-order valence-corrected chi connectivity index (χ3v) is 5.72. The lowest BCUT2D eigenvalue weighted by Gasteiger charge is -2.40. The number of benzene rings is 2. The zero-order valence-corrected chi connectivity index (χ0v) is 17.2. The molecule has 3 nitrogen and oxygen atoms in total. The Morgan fingerprint density at radius 1 is 1.00 bits per heavy atom. The van der Waals surface area contributed by atoms with Crippen LogP contribution in [0.15, 0.2) is 54.6 Å². The van der Waals surface area contributed by atoms with Gasteiger partial charge < -0.3 is 22.3 Å². The van der Waals surface area contributed by atoms with E-state index in [9.17, 15) is 5.11 Å². The van der Waals surface area contributed by atoms with Gasteiger partial charge in [-0.2, -0.15) is 0 Å². The average Bonchev–Trinajstić information content (AvgIpc) is 2.73. The number of hydrogen-bond acceptors (Lipinski definition) is 3.